The smallest absolute Gasteiger partial charge is 0.245 e. The van der Waals surface area contributed by atoms with E-state index in [-0.39, 0.29) is 17.6 Å². The number of ether oxygens (including phenoxy) is 1. The largest absolute Gasteiger partial charge is 0.374 e. The number of carbonyl (C=O) groups excluding carboxylic acids is 1. The van der Waals surface area contributed by atoms with Crippen LogP contribution >= 0.6 is 11.6 Å². The zero-order chi connectivity index (χ0) is 20.4. The highest BCUT2D eigenvalue weighted by atomic mass is 35.5. The third kappa shape index (κ3) is 4.09. The van der Waals surface area contributed by atoms with Gasteiger partial charge in [0.1, 0.15) is 17.5 Å². The Balaban J connectivity index is 1.44. The van der Waals surface area contributed by atoms with Crippen LogP contribution < -0.4 is 5.32 Å². The molecule has 4 rings (SSSR count). The Morgan fingerprint density at radius 1 is 1.31 bits per heavy atom. The van der Waals surface area contributed by atoms with Gasteiger partial charge in [-0.15, -0.1) is 0 Å². The number of hydrogen-bond acceptors (Lipinski definition) is 5. The average Bonchev–Trinajstić information content (AvgIpc) is 2.74. The van der Waals surface area contributed by atoms with Crippen molar-refractivity contribution in [2.75, 3.05) is 25.0 Å². The SMILES string of the molecule is CCC(Nc1ccc(Cl)cc1)C(=O)N1CCC2(CC1)OCCc1cnc(C)nc12. The molecule has 6 nitrogen and oxygen atoms in total. The molecule has 1 atom stereocenters. The quantitative estimate of drug-likeness (QED) is 0.825. The van der Waals surface area contributed by atoms with Gasteiger partial charge in [0.25, 0.3) is 0 Å². The van der Waals surface area contributed by atoms with Gasteiger partial charge >= 0.3 is 0 Å². The van der Waals surface area contributed by atoms with Crippen LogP contribution in [0, 0.1) is 6.92 Å². The number of piperidine rings is 1. The fraction of sp³-hybridized carbons (Fsp3) is 0.500. The van der Waals surface area contributed by atoms with E-state index in [1.807, 2.05) is 49.2 Å². The molecule has 1 spiro atoms. The van der Waals surface area contributed by atoms with Crippen LogP contribution in [0.5, 0.6) is 0 Å². The predicted octanol–water partition coefficient (Wildman–Crippen LogP) is 3.72. The van der Waals surface area contributed by atoms with Crippen LogP contribution in [0.1, 0.15) is 43.3 Å². The van der Waals surface area contributed by atoms with Crippen molar-refractivity contribution in [1.29, 1.82) is 0 Å². The van der Waals surface area contributed by atoms with Gasteiger partial charge in [-0.2, -0.15) is 0 Å². The summed E-state index contributed by atoms with van der Waals surface area (Å²) in [6.07, 6.45) is 5.03. The summed E-state index contributed by atoms with van der Waals surface area (Å²) in [6, 6.07) is 7.20. The van der Waals surface area contributed by atoms with E-state index in [0.717, 1.165) is 42.9 Å². The summed E-state index contributed by atoms with van der Waals surface area (Å²) < 4.78 is 6.25. The van der Waals surface area contributed by atoms with Crippen LogP contribution in [-0.4, -0.2) is 46.5 Å². The van der Waals surface area contributed by atoms with E-state index in [0.29, 0.717) is 24.7 Å². The number of anilines is 1. The summed E-state index contributed by atoms with van der Waals surface area (Å²) in [5, 5.41) is 4.03. The maximum atomic E-state index is 13.1. The van der Waals surface area contributed by atoms with Crippen LogP contribution in [0.4, 0.5) is 5.69 Å². The van der Waals surface area contributed by atoms with E-state index in [2.05, 4.69) is 10.3 Å². The van der Waals surface area contributed by atoms with Gasteiger partial charge in [0, 0.05) is 30.0 Å². The summed E-state index contributed by atoms with van der Waals surface area (Å²) in [7, 11) is 0. The third-order valence-electron chi connectivity index (χ3n) is 5.94. The van der Waals surface area contributed by atoms with Gasteiger partial charge in [-0.1, -0.05) is 18.5 Å². The molecule has 2 aliphatic rings. The molecule has 3 heterocycles. The first-order valence-electron chi connectivity index (χ1n) is 10.3. The number of hydrogen-bond donors (Lipinski definition) is 1. The van der Waals surface area contributed by atoms with Crippen molar-refractivity contribution in [3.63, 3.8) is 0 Å². The third-order valence-corrected chi connectivity index (χ3v) is 6.19. The Hall–Kier alpha value is -2.18. The fourth-order valence-corrected chi connectivity index (χ4v) is 4.40. The molecule has 0 radical (unpaired) electrons. The molecule has 1 aromatic carbocycles. The second-order valence-electron chi connectivity index (χ2n) is 7.82. The normalized spacial score (nSPS) is 18.9. The van der Waals surface area contributed by atoms with Crippen LogP contribution in [0.2, 0.25) is 5.02 Å². The summed E-state index contributed by atoms with van der Waals surface area (Å²) in [5.74, 6) is 0.901. The van der Waals surface area contributed by atoms with Gasteiger partial charge in [0.15, 0.2) is 0 Å². The summed E-state index contributed by atoms with van der Waals surface area (Å²) in [4.78, 5) is 24.2. The second kappa shape index (κ2) is 8.28. The average molecular weight is 415 g/mol. The monoisotopic (exact) mass is 414 g/mol. The zero-order valence-electron chi connectivity index (χ0n) is 16.9. The highest BCUT2D eigenvalue weighted by molar-refractivity contribution is 6.30. The lowest BCUT2D eigenvalue weighted by Crippen LogP contribution is -2.52. The number of benzene rings is 1. The molecule has 0 aliphatic carbocycles. The minimum atomic E-state index is -0.386. The van der Waals surface area contributed by atoms with E-state index in [4.69, 9.17) is 21.3 Å². The van der Waals surface area contributed by atoms with Crippen LogP contribution in [-0.2, 0) is 21.6 Å². The Labute approximate surface area is 176 Å². The molecule has 154 valence electrons. The minimum absolute atomic E-state index is 0.132. The lowest BCUT2D eigenvalue weighted by Gasteiger charge is -2.44. The minimum Gasteiger partial charge on any atom is -0.374 e. The van der Waals surface area contributed by atoms with E-state index >= 15 is 0 Å². The number of rotatable bonds is 4. The van der Waals surface area contributed by atoms with Crippen molar-refractivity contribution in [2.24, 2.45) is 0 Å². The van der Waals surface area contributed by atoms with E-state index < -0.39 is 0 Å². The van der Waals surface area contributed by atoms with Gasteiger partial charge in [0.05, 0.1) is 12.3 Å². The Bertz CT molecular complexity index is 879. The number of halogens is 1. The fourth-order valence-electron chi connectivity index (χ4n) is 4.27. The van der Waals surface area contributed by atoms with Gasteiger partial charge in [-0.05, 0) is 62.4 Å². The molecule has 2 aromatic rings. The Morgan fingerprint density at radius 2 is 2.03 bits per heavy atom. The first kappa shape index (κ1) is 20.1. The molecule has 1 saturated heterocycles. The number of likely N-dealkylation sites (tertiary alicyclic amines) is 1. The van der Waals surface area contributed by atoms with Crippen molar-refractivity contribution < 1.29 is 9.53 Å². The van der Waals surface area contributed by atoms with E-state index in [9.17, 15) is 4.79 Å². The number of fused-ring (bicyclic) bond motifs is 2. The molecule has 1 aromatic heterocycles. The van der Waals surface area contributed by atoms with Crippen molar-refractivity contribution in [2.45, 2.75) is 51.2 Å². The molecule has 0 saturated carbocycles. The van der Waals surface area contributed by atoms with E-state index in [1.165, 1.54) is 5.56 Å². The van der Waals surface area contributed by atoms with Crippen LogP contribution in [0.3, 0.4) is 0 Å². The topological polar surface area (TPSA) is 67.4 Å². The lowest BCUT2D eigenvalue weighted by atomic mass is 9.83. The summed E-state index contributed by atoms with van der Waals surface area (Å²) in [5.41, 5.74) is 2.72. The molecule has 1 N–H and O–H groups in total. The maximum Gasteiger partial charge on any atom is 0.245 e. The molecule has 7 heteroatoms. The molecule has 1 fully saturated rings. The van der Waals surface area contributed by atoms with Crippen LogP contribution in [0.25, 0.3) is 0 Å². The van der Waals surface area contributed by atoms with Crippen molar-refractivity contribution >= 4 is 23.2 Å². The molecule has 1 amide bonds. The number of aromatic nitrogens is 2. The number of nitrogens with zero attached hydrogens (tertiary/aromatic N) is 3. The van der Waals surface area contributed by atoms with Crippen LogP contribution in [0.15, 0.2) is 30.5 Å². The highest BCUT2D eigenvalue weighted by Crippen LogP contribution is 2.40. The Morgan fingerprint density at radius 3 is 2.72 bits per heavy atom. The predicted molar refractivity (Wildman–Crippen MR) is 113 cm³/mol. The number of amides is 1. The van der Waals surface area contributed by atoms with Gasteiger partial charge in [0.2, 0.25) is 5.91 Å². The van der Waals surface area contributed by atoms with Crippen molar-refractivity contribution in [1.82, 2.24) is 14.9 Å². The lowest BCUT2D eigenvalue weighted by molar-refractivity contribution is -0.142. The first-order chi connectivity index (χ1) is 14.0. The molecule has 2 aliphatic heterocycles. The van der Waals surface area contributed by atoms with Gasteiger partial charge in [-0.25, -0.2) is 9.97 Å². The molecular formula is C22H27ClN4O2. The molecular weight excluding hydrogens is 388 g/mol. The molecule has 29 heavy (non-hydrogen) atoms. The Kier molecular flexibility index (Phi) is 5.74. The second-order valence-corrected chi connectivity index (χ2v) is 8.26. The number of aryl methyl sites for hydroxylation is 1. The van der Waals surface area contributed by atoms with Gasteiger partial charge < -0.3 is 15.0 Å². The summed E-state index contributed by atoms with van der Waals surface area (Å²) >= 11 is 5.96. The molecule has 0 bridgehead atoms. The maximum absolute atomic E-state index is 13.1. The highest BCUT2D eigenvalue weighted by Gasteiger charge is 2.43. The first-order valence-corrected chi connectivity index (χ1v) is 10.7. The zero-order valence-corrected chi connectivity index (χ0v) is 17.7. The van der Waals surface area contributed by atoms with E-state index in [1.54, 1.807) is 0 Å². The number of carbonyl (C=O) groups is 1. The standard InChI is InChI=1S/C22H27ClN4O2/c1-3-19(26-18-6-4-17(23)5-7-18)21(28)27-11-9-22(10-12-27)20-16(8-13-29-22)14-24-15(2)25-20/h4-7,14,19,26H,3,8-13H2,1-2H3. The van der Waals surface area contributed by atoms with Gasteiger partial charge in [-0.3, -0.25) is 4.79 Å². The van der Waals surface area contributed by atoms with Crippen molar-refractivity contribution in [3.8, 4) is 0 Å². The molecule has 1 unspecified atom stereocenters. The summed E-state index contributed by atoms with van der Waals surface area (Å²) in [6.45, 7) is 5.95. The van der Waals surface area contributed by atoms with Crippen molar-refractivity contribution in [3.05, 3.63) is 52.6 Å². The number of nitrogens with one attached hydrogen (secondary N) is 1.